The Hall–Kier alpha value is 0.620. The minimum Gasteiger partial charge on any atom is -0.374 e. The molecule has 2 rings (SSSR count). The first-order chi connectivity index (χ1) is 8.29. The maximum absolute atomic E-state index is 6.11. The fourth-order valence-corrected chi connectivity index (χ4v) is 5.20. The largest absolute Gasteiger partial charge is 0.374 e. The molecule has 0 aliphatic carbocycles. The highest BCUT2D eigenvalue weighted by Gasteiger charge is 2.42. The van der Waals surface area contributed by atoms with Crippen LogP contribution in [0.1, 0.15) is 26.2 Å². The van der Waals surface area contributed by atoms with Gasteiger partial charge in [0.2, 0.25) is 0 Å². The molecule has 0 bridgehead atoms. The Kier molecular flexibility index (Phi) is 5.52. The van der Waals surface area contributed by atoms with Crippen molar-refractivity contribution in [3.05, 3.63) is 0 Å². The first-order valence-corrected chi connectivity index (χ1v) is 9.28. The Bertz CT molecular complexity index is 225. The zero-order valence-corrected chi connectivity index (χ0v) is 12.7. The fourth-order valence-electron chi connectivity index (χ4n) is 3.08. The topological polar surface area (TPSA) is 21.3 Å². The van der Waals surface area contributed by atoms with E-state index in [1.807, 2.05) is 11.8 Å². The van der Waals surface area contributed by atoms with Crippen LogP contribution in [0.5, 0.6) is 0 Å². The van der Waals surface area contributed by atoms with Crippen molar-refractivity contribution in [3.8, 4) is 0 Å². The summed E-state index contributed by atoms with van der Waals surface area (Å²) in [6, 6.07) is 0.682. The number of hydrogen-bond acceptors (Lipinski definition) is 4. The lowest BCUT2D eigenvalue weighted by molar-refractivity contribution is -0.0837. The minimum absolute atomic E-state index is 0.236. The zero-order chi connectivity index (χ0) is 12.1. The van der Waals surface area contributed by atoms with Crippen LogP contribution in [0.25, 0.3) is 0 Å². The van der Waals surface area contributed by atoms with E-state index in [4.69, 9.17) is 4.74 Å². The lowest BCUT2D eigenvalue weighted by atomic mass is 9.81. The summed E-state index contributed by atoms with van der Waals surface area (Å²) >= 11 is 4.04. The van der Waals surface area contributed by atoms with Gasteiger partial charge in [-0.2, -0.15) is 23.5 Å². The van der Waals surface area contributed by atoms with E-state index in [-0.39, 0.29) is 5.60 Å². The molecule has 2 nitrogen and oxygen atoms in total. The van der Waals surface area contributed by atoms with Crippen LogP contribution in [-0.2, 0) is 4.74 Å². The van der Waals surface area contributed by atoms with Crippen molar-refractivity contribution in [2.24, 2.45) is 5.92 Å². The van der Waals surface area contributed by atoms with E-state index < -0.39 is 0 Å². The molecule has 0 aromatic heterocycles. The molecule has 4 heteroatoms. The van der Waals surface area contributed by atoms with E-state index in [9.17, 15) is 0 Å². The van der Waals surface area contributed by atoms with Crippen molar-refractivity contribution in [1.82, 2.24) is 5.32 Å². The second-order valence-corrected chi connectivity index (χ2v) is 7.22. The van der Waals surface area contributed by atoms with E-state index in [1.165, 1.54) is 36.5 Å². The van der Waals surface area contributed by atoms with Gasteiger partial charge in [0.05, 0.1) is 5.60 Å². The van der Waals surface area contributed by atoms with Crippen molar-refractivity contribution in [2.75, 3.05) is 36.7 Å². The molecule has 2 fully saturated rings. The van der Waals surface area contributed by atoms with Gasteiger partial charge in [-0.3, -0.25) is 0 Å². The monoisotopic (exact) mass is 275 g/mol. The molecule has 0 aromatic rings. The van der Waals surface area contributed by atoms with Gasteiger partial charge in [0.15, 0.2) is 0 Å². The normalized spacial score (nSPS) is 35.3. The van der Waals surface area contributed by atoms with Crippen LogP contribution < -0.4 is 5.32 Å². The van der Waals surface area contributed by atoms with Crippen molar-refractivity contribution < 1.29 is 4.74 Å². The van der Waals surface area contributed by atoms with Gasteiger partial charge < -0.3 is 10.1 Å². The highest BCUT2D eigenvalue weighted by molar-refractivity contribution is 7.99. The molecule has 0 aromatic carbocycles. The number of hydrogen-bond donors (Lipinski definition) is 1. The summed E-state index contributed by atoms with van der Waals surface area (Å²) < 4.78 is 6.11. The van der Waals surface area contributed by atoms with Crippen molar-refractivity contribution in [3.63, 3.8) is 0 Å². The van der Waals surface area contributed by atoms with Gasteiger partial charge in [0, 0.05) is 24.2 Å². The Morgan fingerprint density at radius 2 is 2.47 bits per heavy atom. The third-order valence-electron chi connectivity index (χ3n) is 3.98. The average molecular weight is 275 g/mol. The summed E-state index contributed by atoms with van der Waals surface area (Å²) in [5.41, 5.74) is 0.236. The molecule has 3 atom stereocenters. The predicted octanol–water partition coefficient (Wildman–Crippen LogP) is 2.63. The molecular weight excluding hydrogens is 250 g/mol. The van der Waals surface area contributed by atoms with E-state index in [1.54, 1.807) is 0 Å². The molecule has 3 unspecified atom stereocenters. The second-order valence-electron chi connectivity index (χ2n) is 5.21. The van der Waals surface area contributed by atoms with Crippen molar-refractivity contribution in [1.29, 1.82) is 0 Å². The lowest BCUT2D eigenvalue weighted by Gasteiger charge is -2.41. The molecule has 17 heavy (non-hydrogen) atoms. The average Bonchev–Trinajstić information content (AvgIpc) is 2.77. The predicted molar refractivity (Wildman–Crippen MR) is 79.2 cm³/mol. The standard InChI is InChI=1S/C13H25NOS2/c1-3-14-12(9-16-2)11-4-6-15-13(8-11)5-7-17-10-13/h11-12,14H,3-10H2,1-2H3. The van der Waals surface area contributed by atoms with Crippen LogP contribution in [0.3, 0.4) is 0 Å². The fraction of sp³-hybridized carbons (Fsp3) is 1.00. The third kappa shape index (κ3) is 3.55. The van der Waals surface area contributed by atoms with Crippen LogP contribution in [-0.4, -0.2) is 48.3 Å². The molecule has 2 saturated heterocycles. The van der Waals surface area contributed by atoms with Crippen molar-refractivity contribution in [2.45, 2.75) is 37.8 Å². The molecule has 0 amide bonds. The first-order valence-electron chi connectivity index (χ1n) is 6.74. The van der Waals surface area contributed by atoms with Crippen LogP contribution >= 0.6 is 23.5 Å². The maximum atomic E-state index is 6.11. The molecule has 2 heterocycles. The second kappa shape index (κ2) is 6.69. The van der Waals surface area contributed by atoms with E-state index in [0.29, 0.717) is 6.04 Å². The Morgan fingerprint density at radius 1 is 1.59 bits per heavy atom. The number of rotatable bonds is 5. The maximum Gasteiger partial charge on any atom is 0.0783 e. The van der Waals surface area contributed by atoms with Gasteiger partial charge in [-0.05, 0) is 43.7 Å². The van der Waals surface area contributed by atoms with Crippen LogP contribution in [0.4, 0.5) is 0 Å². The van der Waals surface area contributed by atoms with Crippen LogP contribution in [0.2, 0.25) is 0 Å². The smallest absolute Gasteiger partial charge is 0.0783 e. The lowest BCUT2D eigenvalue weighted by Crippen LogP contribution is -2.48. The van der Waals surface area contributed by atoms with Crippen LogP contribution in [0.15, 0.2) is 0 Å². The molecule has 0 radical (unpaired) electrons. The van der Waals surface area contributed by atoms with Gasteiger partial charge in [-0.15, -0.1) is 0 Å². The molecular formula is C13H25NOS2. The number of ether oxygens (including phenoxy) is 1. The first kappa shape index (κ1) is 14.0. The van der Waals surface area contributed by atoms with Gasteiger partial charge in [-0.25, -0.2) is 0 Å². The van der Waals surface area contributed by atoms with E-state index in [0.717, 1.165) is 19.1 Å². The Morgan fingerprint density at radius 3 is 3.12 bits per heavy atom. The summed E-state index contributed by atoms with van der Waals surface area (Å²) in [6.07, 6.45) is 6.00. The van der Waals surface area contributed by atoms with Crippen molar-refractivity contribution >= 4 is 23.5 Å². The van der Waals surface area contributed by atoms with Gasteiger partial charge >= 0.3 is 0 Å². The summed E-state index contributed by atoms with van der Waals surface area (Å²) in [5.74, 6) is 4.57. The highest BCUT2D eigenvalue weighted by Crippen LogP contribution is 2.41. The van der Waals surface area contributed by atoms with Gasteiger partial charge in [-0.1, -0.05) is 6.92 Å². The molecule has 1 N–H and O–H groups in total. The SMILES string of the molecule is CCNC(CSC)C1CCOC2(CCSC2)C1. The highest BCUT2D eigenvalue weighted by atomic mass is 32.2. The van der Waals surface area contributed by atoms with E-state index >= 15 is 0 Å². The molecule has 1 spiro atoms. The summed E-state index contributed by atoms with van der Waals surface area (Å²) in [7, 11) is 0. The van der Waals surface area contributed by atoms with E-state index in [2.05, 4.69) is 30.3 Å². The quantitative estimate of drug-likeness (QED) is 0.832. The molecule has 2 aliphatic rings. The van der Waals surface area contributed by atoms with Crippen LogP contribution in [0, 0.1) is 5.92 Å². The summed E-state index contributed by atoms with van der Waals surface area (Å²) in [5, 5.41) is 3.68. The van der Waals surface area contributed by atoms with Gasteiger partial charge in [0.25, 0.3) is 0 Å². The van der Waals surface area contributed by atoms with Gasteiger partial charge in [0.1, 0.15) is 0 Å². The summed E-state index contributed by atoms with van der Waals surface area (Å²) in [4.78, 5) is 0. The third-order valence-corrected chi connectivity index (χ3v) is 5.90. The molecule has 0 saturated carbocycles. The molecule has 2 aliphatic heterocycles. The summed E-state index contributed by atoms with van der Waals surface area (Å²) in [6.45, 7) is 4.28. The zero-order valence-electron chi connectivity index (χ0n) is 11.0. The Balaban J connectivity index is 1.94. The minimum atomic E-state index is 0.236. The Labute approximate surface area is 114 Å². The molecule has 100 valence electrons. The number of thioether (sulfide) groups is 2. The number of nitrogens with one attached hydrogen (secondary N) is 1.